The fraction of sp³-hybridized carbons (Fsp3) is 0.222. The van der Waals surface area contributed by atoms with Crippen molar-refractivity contribution < 1.29 is 23.5 Å². The molecule has 0 saturated heterocycles. The molecule has 1 N–H and O–H groups in total. The number of aryl methyl sites for hydroxylation is 1. The lowest BCUT2D eigenvalue weighted by atomic mass is 9.97. The minimum absolute atomic E-state index is 0.266. The van der Waals surface area contributed by atoms with E-state index in [0.717, 1.165) is 51.4 Å². The van der Waals surface area contributed by atoms with Crippen molar-refractivity contribution in [2.75, 3.05) is 13.5 Å². The van der Waals surface area contributed by atoms with Gasteiger partial charge in [-0.25, -0.2) is 4.79 Å². The van der Waals surface area contributed by atoms with E-state index in [1.807, 2.05) is 61.5 Å². The first-order valence-electron chi connectivity index (χ1n) is 11.1. The number of quaternary nitrogens is 1. The van der Waals surface area contributed by atoms with E-state index in [-0.39, 0.29) is 12.4 Å². The normalized spacial score (nSPS) is 16.5. The fourth-order valence-corrected chi connectivity index (χ4v) is 4.73. The Morgan fingerprint density at radius 3 is 2.58 bits per heavy atom. The van der Waals surface area contributed by atoms with Gasteiger partial charge >= 0.3 is 5.63 Å². The summed E-state index contributed by atoms with van der Waals surface area (Å²) in [6.07, 6.45) is 0.556. The molecule has 3 aromatic carbocycles. The van der Waals surface area contributed by atoms with Crippen molar-refractivity contribution in [1.29, 1.82) is 0 Å². The van der Waals surface area contributed by atoms with E-state index in [1.54, 1.807) is 0 Å². The van der Waals surface area contributed by atoms with Crippen LogP contribution in [0.4, 0.5) is 0 Å². The van der Waals surface area contributed by atoms with Crippen LogP contribution in [0.2, 0.25) is 0 Å². The van der Waals surface area contributed by atoms with E-state index in [1.165, 1.54) is 4.90 Å². The summed E-state index contributed by atoms with van der Waals surface area (Å²) in [7, 11) is 0. The van der Waals surface area contributed by atoms with Crippen molar-refractivity contribution in [1.82, 2.24) is 0 Å². The number of ether oxygens (including phenoxy) is 3. The highest BCUT2D eigenvalue weighted by Crippen LogP contribution is 2.33. The van der Waals surface area contributed by atoms with Crippen LogP contribution in [0.3, 0.4) is 0 Å². The number of benzene rings is 3. The molecule has 166 valence electrons. The van der Waals surface area contributed by atoms with Crippen molar-refractivity contribution in [2.45, 2.75) is 26.4 Å². The van der Waals surface area contributed by atoms with E-state index in [9.17, 15) is 4.79 Å². The Bertz CT molecular complexity index is 1410. The minimum Gasteiger partial charge on any atom is -0.454 e. The zero-order valence-electron chi connectivity index (χ0n) is 18.4. The number of nitrogens with one attached hydrogen (secondary N) is 1. The summed E-state index contributed by atoms with van der Waals surface area (Å²) >= 11 is 0. The van der Waals surface area contributed by atoms with Gasteiger partial charge in [-0.1, -0.05) is 30.3 Å². The van der Waals surface area contributed by atoms with Crippen LogP contribution >= 0.6 is 0 Å². The molecular weight excluding hydrogens is 418 g/mol. The first-order valence-corrected chi connectivity index (χ1v) is 11.1. The molecule has 0 radical (unpaired) electrons. The first kappa shape index (κ1) is 19.9. The molecule has 1 atom stereocenters. The molecule has 0 fully saturated rings. The van der Waals surface area contributed by atoms with Gasteiger partial charge in [-0.05, 0) is 48.4 Å². The maximum absolute atomic E-state index is 13.0. The van der Waals surface area contributed by atoms with Gasteiger partial charge in [0.2, 0.25) is 13.5 Å². The molecule has 0 spiro atoms. The van der Waals surface area contributed by atoms with Crippen LogP contribution in [0.25, 0.3) is 11.0 Å². The number of hydrogen-bond donors (Lipinski definition) is 1. The highest BCUT2D eigenvalue weighted by Gasteiger charge is 2.26. The van der Waals surface area contributed by atoms with Gasteiger partial charge in [0.1, 0.15) is 18.8 Å². The summed E-state index contributed by atoms with van der Waals surface area (Å²) in [6, 6.07) is 20.0. The van der Waals surface area contributed by atoms with E-state index >= 15 is 0 Å². The van der Waals surface area contributed by atoms with Gasteiger partial charge < -0.3 is 18.6 Å². The van der Waals surface area contributed by atoms with Crippen LogP contribution in [0.15, 0.2) is 69.9 Å². The molecule has 1 unspecified atom stereocenters. The van der Waals surface area contributed by atoms with Gasteiger partial charge in [0.25, 0.3) is 0 Å². The lowest BCUT2D eigenvalue weighted by Crippen LogP contribution is -3.10. The molecule has 2 aliphatic heterocycles. The van der Waals surface area contributed by atoms with Crippen LogP contribution in [-0.4, -0.2) is 13.5 Å². The van der Waals surface area contributed by atoms with Gasteiger partial charge in [-0.2, -0.15) is 0 Å². The Labute approximate surface area is 190 Å². The lowest BCUT2D eigenvalue weighted by molar-refractivity contribution is -0.945. The van der Waals surface area contributed by atoms with Crippen LogP contribution in [0.1, 0.15) is 27.8 Å². The fourth-order valence-electron chi connectivity index (χ4n) is 4.73. The monoisotopic (exact) mass is 442 g/mol. The molecular formula is C27H24NO5+. The molecule has 1 aromatic heterocycles. The Morgan fingerprint density at radius 1 is 0.879 bits per heavy atom. The summed E-state index contributed by atoms with van der Waals surface area (Å²) in [4.78, 5) is 14.2. The third-order valence-corrected chi connectivity index (χ3v) is 6.49. The van der Waals surface area contributed by atoms with Crippen molar-refractivity contribution in [3.05, 3.63) is 98.9 Å². The average molecular weight is 442 g/mol. The van der Waals surface area contributed by atoms with E-state index < -0.39 is 0 Å². The molecule has 6 heteroatoms. The summed E-state index contributed by atoms with van der Waals surface area (Å²) in [6.45, 7) is 4.29. The standard InChI is InChI=1S/C27H23NO5/c1-17-20-8-10-23-22(26(20)33-27(29)21(17)11-18-5-3-2-4-6-18)14-28(15-30-23)13-19-7-9-24-25(12-19)32-16-31-24/h2-10,12H,11,13-16H2,1H3/p+1. The van der Waals surface area contributed by atoms with Gasteiger partial charge in [-0.15, -0.1) is 0 Å². The van der Waals surface area contributed by atoms with E-state index in [2.05, 4.69) is 6.07 Å². The lowest BCUT2D eigenvalue weighted by Gasteiger charge is -2.27. The molecule has 4 aromatic rings. The predicted octanol–water partition coefficient (Wildman–Crippen LogP) is 3.36. The van der Waals surface area contributed by atoms with E-state index in [0.29, 0.717) is 30.8 Å². The molecule has 3 heterocycles. The van der Waals surface area contributed by atoms with Crippen molar-refractivity contribution >= 4 is 11.0 Å². The number of hydrogen-bond acceptors (Lipinski definition) is 5. The number of rotatable bonds is 4. The second-order valence-electron chi connectivity index (χ2n) is 8.65. The van der Waals surface area contributed by atoms with Crippen LogP contribution in [-0.2, 0) is 19.5 Å². The van der Waals surface area contributed by atoms with Crippen LogP contribution in [0, 0.1) is 6.92 Å². The second-order valence-corrected chi connectivity index (χ2v) is 8.65. The quantitative estimate of drug-likeness (QED) is 0.491. The van der Waals surface area contributed by atoms with Crippen molar-refractivity contribution in [3.8, 4) is 17.2 Å². The third kappa shape index (κ3) is 3.62. The molecule has 0 bridgehead atoms. The van der Waals surface area contributed by atoms with E-state index in [4.69, 9.17) is 18.6 Å². The Balaban J connectivity index is 1.32. The largest absolute Gasteiger partial charge is 0.454 e. The van der Waals surface area contributed by atoms with Gasteiger partial charge in [0.05, 0.1) is 5.56 Å². The topological polar surface area (TPSA) is 62.3 Å². The molecule has 0 amide bonds. The third-order valence-electron chi connectivity index (χ3n) is 6.49. The summed E-state index contributed by atoms with van der Waals surface area (Å²) < 4.78 is 22.9. The highest BCUT2D eigenvalue weighted by atomic mass is 16.7. The first-order chi connectivity index (χ1) is 16.2. The SMILES string of the molecule is Cc1c(Cc2ccccc2)c(=O)oc2c3c(ccc12)OC[NH+](Cc1ccc2c(c1)OCO2)C3. The molecule has 0 saturated carbocycles. The average Bonchev–Trinajstić information content (AvgIpc) is 3.30. The highest BCUT2D eigenvalue weighted by molar-refractivity contribution is 5.86. The van der Waals surface area contributed by atoms with Crippen molar-refractivity contribution in [2.24, 2.45) is 0 Å². The van der Waals surface area contributed by atoms with Gasteiger partial charge in [0.15, 0.2) is 17.1 Å². The molecule has 6 nitrogen and oxygen atoms in total. The zero-order chi connectivity index (χ0) is 22.4. The van der Waals surface area contributed by atoms with Crippen molar-refractivity contribution in [3.63, 3.8) is 0 Å². The molecule has 0 aliphatic carbocycles. The predicted molar refractivity (Wildman–Crippen MR) is 123 cm³/mol. The summed E-state index contributed by atoms with van der Waals surface area (Å²) in [5.41, 5.74) is 5.21. The second kappa shape index (κ2) is 7.98. The Morgan fingerprint density at radius 2 is 1.70 bits per heavy atom. The van der Waals surface area contributed by atoms with Crippen LogP contribution in [0.5, 0.6) is 17.2 Å². The van der Waals surface area contributed by atoms with Crippen LogP contribution < -0.4 is 24.7 Å². The number of fused-ring (bicyclic) bond motifs is 4. The smallest absolute Gasteiger partial charge is 0.340 e. The van der Waals surface area contributed by atoms with Gasteiger partial charge in [0, 0.05) is 22.9 Å². The molecule has 2 aliphatic rings. The zero-order valence-corrected chi connectivity index (χ0v) is 18.4. The summed E-state index contributed by atoms with van der Waals surface area (Å²) in [5.74, 6) is 2.35. The maximum atomic E-state index is 13.0. The Kier molecular flexibility index (Phi) is 4.80. The maximum Gasteiger partial charge on any atom is 0.340 e. The molecule has 6 rings (SSSR count). The summed E-state index contributed by atoms with van der Waals surface area (Å²) in [5, 5.41) is 0.965. The van der Waals surface area contributed by atoms with Gasteiger partial charge in [-0.3, -0.25) is 4.90 Å². The minimum atomic E-state index is -0.278. The Hall–Kier alpha value is -3.77. The molecule has 33 heavy (non-hydrogen) atoms.